The number of rotatable bonds is 8. The first kappa shape index (κ1) is 29.5. The second-order valence-corrected chi connectivity index (χ2v) is 11.1. The van der Waals surface area contributed by atoms with E-state index in [4.69, 9.17) is 14.0 Å². The Morgan fingerprint density at radius 3 is 2.24 bits per heavy atom. The van der Waals surface area contributed by atoms with Crippen molar-refractivity contribution in [2.75, 3.05) is 5.32 Å². The molecule has 2 N–H and O–H groups in total. The highest BCUT2D eigenvalue weighted by atomic mass is 32.1. The fourth-order valence-corrected chi connectivity index (χ4v) is 5.88. The lowest BCUT2D eigenvalue weighted by Crippen LogP contribution is -2.16. The number of anilines is 1. The minimum Gasteiger partial charge on any atom is -0.478 e. The number of carbonyl (C=O) groups excluding carboxylic acids is 1. The summed E-state index contributed by atoms with van der Waals surface area (Å²) in [6.45, 7) is 3.43. The number of amides is 1. The molecule has 0 bridgehead atoms. The number of benzene rings is 4. The van der Waals surface area contributed by atoms with Gasteiger partial charge in [-0.05, 0) is 48.7 Å². The lowest BCUT2D eigenvalue weighted by molar-refractivity contribution is 0.0696. The molecule has 1 amide bonds. The number of nitrogens with one attached hydrogen (secondary N) is 1. The van der Waals surface area contributed by atoms with Gasteiger partial charge >= 0.3 is 12.1 Å². The Kier molecular flexibility index (Phi) is 8.01. The van der Waals surface area contributed by atoms with Gasteiger partial charge in [-0.2, -0.15) is 0 Å². The number of aryl methyl sites for hydroxylation is 1. The summed E-state index contributed by atoms with van der Waals surface area (Å²) in [6, 6.07) is 24.8. The van der Waals surface area contributed by atoms with Crippen LogP contribution in [-0.2, 0) is 4.74 Å². The molecule has 0 saturated carbocycles. The maximum atomic E-state index is 15.2. The molecule has 45 heavy (non-hydrogen) atoms. The summed E-state index contributed by atoms with van der Waals surface area (Å²) in [4.78, 5) is 24.6. The molecular formula is C34H24F2N2O6S. The van der Waals surface area contributed by atoms with E-state index in [0.717, 1.165) is 29.0 Å². The van der Waals surface area contributed by atoms with Crippen LogP contribution in [0.5, 0.6) is 10.8 Å². The number of hydrogen-bond donors (Lipinski definition) is 2. The third-order valence-corrected chi connectivity index (χ3v) is 8.14. The zero-order chi connectivity index (χ0) is 31.7. The molecule has 2 aromatic heterocycles. The van der Waals surface area contributed by atoms with Crippen LogP contribution < -0.4 is 10.1 Å². The van der Waals surface area contributed by atoms with Gasteiger partial charge in [-0.1, -0.05) is 89.3 Å². The predicted molar refractivity (Wildman–Crippen MR) is 166 cm³/mol. The molecule has 1 atom stereocenters. The highest BCUT2D eigenvalue weighted by molar-refractivity contribution is 7.21. The van der Waals surface area contributed by atoms with Gasteiger partial charge in [0.2, 0.25) is 0 Å². The summed E-state index contributed by atoms with van der Waals surface area (Å²) in [5.41, 5.74) is 2.70. The molecule has 0 spiro atoms. The van der Waals surface area contributed by atoms with E-state index >= 15 is 8.78 Å². The Balaban J connectivity index is 1.21. The lowest BCUT2D eigenvalue weighted by atomic mass is 10.0. The van der Waals surface area contributed by atoms with Gasteiger partial charge in [-0.15, -0.1) is 0 Å². The Morgan fingerprint density at radius 1 is 0.911 bits per heavy atom. The van der Waals surface area contributed by atoms with Crippen LogP contribution in [0.1, 0.15) is 34.6 Å². The number of nitrogens with zero attached hydrogens (tertiary/aromatic N) is 1. The molecule has 0 radical (unpaired) electrons. The van der Waals surface area contributed by atoms with Crippen molar-refractivity contribution in [2.45, 2.75) is 20.0 Å². The van der Waals surface area contributed by atoms with E-state index in [1.54, 1.807) is 62.4 Å². The van der Waals surface area contributed by atoms with Crippen molar-refractivity contribution in [3.05, 3.63) is 119 Å². The van der Waals surface area contributed by atoms with Crippen molar-refractivity contribution in [2.24, 2.45) is 0 Å². The largest absolute Gasteiger partial charge is 0.478 e. The smallest absolute Gasteiger partial charge is 0.412 e. The first-order chi connectivity index (χ1) is 21.7. The number of hydrogen-bond acceptors (Lipinski definition) is 7. The summed E-state index contributed by atoms with van der Waals surface area (Å²) >= 11 is 0.988. The van der Waals surface area contributed by atoms with Crippen LogP contribution in [0.15, 0.2) is 95.5 Å². The monoisotopic (exact) mass is 626 g/mol. The molecule has 0 aliphatic rings. The molecule has 6 aromatic rings. The van der Waals surface area contributed by atoms with Crippen molar-refractivity contribution < 1.29 is 37.5 Å². The Bertz CT molecular complexity index is 2020. The second kappa shape index (κ2) is 12.2. The second-order valence-electron chi connectivity index (χ2n) is 10.1. The van der Waals surface area contributed by atoms with Gasteiger partial charge in [0.25, 0.3) is 0 Å². The van der Waals surface area contributed by atoms with Crippen LogP contribution >= 0.6 is 11.3 Å². The van der Waals surface area contributed by atoms with Crippen molar-refractivity contribution >= 4 is 39.2 Å². The average molecular weight is 627 g/mol. The molecule has 6 rings (SSSR count). The van der Waals surface area contributed by atoms with Crippen molar-refractivity contribution in [3.63, 3.8) is 0 Å². The van der Waals surface area contributed by atoms with Gasteiger partial charge in [-0.25, -0.2) is 18.4 Å². The summed E-state index contributed by atoms with van der Waals surface area (Å²) in [5, 5.41) is 16.7. The van der Waals surface area contributed by atoms with E-state index in [0.29, 0.717) is 32.6 Å². The van der Waals surface area contributed by atoms with E-state index in [-0.39, 0.29) is 22.0 Å². The van der Waals surface area contributed by atoms with Gasteiger partial charge in [0.05, 0.1) is 0 Å². The number of ether oxygens (including phenoxy) is 2. The molecule has 0 aliphatic heterocycles. The maximum Gasteiger partial charge on any atom is 0.412 e. The topological polar surface area (TPSA) is 111 Å². The maximum absolute atomic E-state index is 15.2. The molecule has 0 saturated heterocycles. The molecule has 8 nitrogen and oxygen atoms in total. The van der Waals surface area contributed by atoms with Gasteiger partial charge in [0.1, 0.15) is 23.0 Å². The minimum absolute atomic E-state index is 0.122. The molecule has 2 heterocycles. The van der Waals surface area contributed by atoms with Crippen LogP contribution in [0.4, 0.5) is 19.3 Å². The molecular weight excluding hydrogens is 602 g/mol. The number of aromatic nitrogens is 1. The average Bonchev–Trinajstić information content (AvgIpc) is 3.59. The standard InChI is InChI=1S/C34H24F2N2O6S/c1-18-29(37-34(41)42-19(2)20-8-4-3-5-9-20)30(44-38-18)22-14-12-21(13-15-22)23-16-25(35)31(26(36)17-23)43-33-28(32(39)40)24-10-6-7-11-27(24)45-33/h3-17,19H,1-2H3,(H,37,41)(H,39,40)/t19-/m1/s1. The number of aromatic carboxylic acids is 1. The zero-order valence-electron chi connectivity index (χ0n) is 23.8. The van der Waals surface area contributed by atoms with E-state index in [9.17, 15) is 14.7 Å². The first-order valence-electron chi connectivity index (χ1n) is 13.7. The van der Waals surface area contributed by atoms with Crippen LogP contribution in [0.25, 0.3) is 32.5 Å². The molecule has 11 heteroatoms. The quantitative estimate of drug-likeness (QED) is 0.173. The van der Waals surface area contributed by atoms with Gasteiger partial charge in [0.15, 0.2) is 28.2 Å². The fourth-order valence-electron chi connectivity index (χ4n) is 4.83. The van der Waals surface area contributed by atoms with Gasteiger partial charge in [0, 0.05) is 15.6 Å². The third kappa shape index (κ3) is 5.98. The normalized spacial score (nSPS) is 11.7. The van der Waals surface area contributed by atoms with Crippen molar-refractivity contribution in [1.29, 1.82) is 0 Å². The molecule has 226 valence electrons. The number of carboxylic acid groups (broad SMARTS) is 1. The molecule has 0 fully saturated rings. The summed E-state index contributed by atoms with van der Waals surface area (Å²) < 4.78 is 47.5. The SMILES string of the molecule is Cc1noc(-c2ccc(-c3cc(F)c(Oc4sc5ccccc5c4C(=O)O)c(F)c3)cc2)c1NC(=O)O[C@H](C)c1ccccc1. The summed E-state index contributed by atoms with van der Waals surface area (Å²) in [5.74, 6) is -3.68. The van der Waals surface area contributed by atoms with Gasteiger partial charge in [-0.3, -0.25) is 5.32 Å². The highest BCUT2D eigenvalue weighted by Crippen LogP contribution is 2.42. The number of carboxylic acids is 1. The van der Waals surface area contributed by atoms with E-state index in [2.05, 4.69) is 10.5 Å². The minimum atomic E-state index is -1.26. The summed E-state index contributed by atoms with van der Waals surface area (Å²) in [7, 11) is 0. The molecule has 0 aliphatic carbocycles. The van der Waals surface area contributed by atoms with Crippen molar-refractivity contribution in [3.8, 4) is 33.3 Å². The first-order valence-corrected chi connectivity index (χ1v) is 14.5. The number of halogens is 2. The number of carbonyl (C=O) groups is 2. The third-order valence-electron chi connectivity index (χ3n) is 7.09. The fraction of sp³-hybridized carbons (Fsp3) is 0.0882. The Hall–Kier alpha value is -5.55. The number of fused-ring (bicyclic) bond motifs is 1. The van der Waals surface area contributed by atoms with Crippen molar-refractivity contribution in [1.82, 2.24) is 5.16 Å². The zero-order valence-corrected chi connectivity index (χ0v) is 24.7. The van der Waals surface area contributed by atoms with Crippen LogP contribution in [0.2, 0.25) is 0 Å². The predicted octanol–water partition coefficient (Wildman–Crippen LogP) is 9.61. The van der Waals surface area contributed by atoms with E-state index in [1.165, 1.54) is 0 Å². The molecule has 0 unspecified atom stereocenters. The molecule has 4 aromatic carbocycles. The number of thiophene rings is 1. The Labute approximate surface area is 259 Å². The van der Waals surface area contributed by atoms with E-state index in [1.807, 2.05) is 30.3 Å². The van der Waals surface area contributed by atoms with Gasteiger partial charge < -0.3 is 19.1 Å². The summed E-state index contributed by atoms with van der Waals surface area (Å²) in [6.07, 6.45) is -1.18. The lowest BCUT2D eigenvalue weighted by Gasteiger charge is -2.14. The van der Waals surface area contributed by atoms with Crippen LogP contribution in [-0.4, -0.2) is 22.3 Å². The Morgan fingerprint density at radius 2 is 1.56 bits per heavy atom. The van der Waals surface area contributed by atoms with Crippen LogP contribution in [0.3, 0.4) is 0 Å². The highest BCUT2D eigenvalue weighted by Gasteiger charge is 2.24. The van der Waals surface area contributed by atoms with E-state index < -0.39 is 35.6 Å². The van der Waals surface area contributed by atoms with Crippen LogP contribution in [0, 0.1) is 18.6 Å².